The van der Waals surface area contributed by atoms with Crippen LogP contribution in [0.25, 0.3) is 0 Å². The van der Waals surface area contributed by atoms with E-state index in [-0.39, 0.29) is 36.3 Å². The predicted molar refractivity (Wildman–Crippen MR) is 89.3 cm³/mol. The molecular weight excluding hydrogens is 322 g/mol. The molecule has 1 aromatic rings. The van der Waals surface area contributed by atoms with Crippen LogP contribution in [0.1, 0.15) is 35.4 Å². The van der Waals surface area contributed by atoms with E-state index >= 15 is 0 Å². The summed E-state index contributed by atoms with van der Waals surface area (Å²) in [4.78, 5) is 27.3. The van der Waals surface area contributed by atoms with Crippen LogP contribution < -0.4 is 11.1 Å². The lowest BCUT2D eigenvalue weighted by atomic mass is 10.1. The highest BCUT2D eigenvalue weighted by molar-refractivity contribution is 7.12. The summed E-state index contributed by atoms with van der Waals surface area (Å²) in [5.41, 5.74) is 5.74. The van der Waals surface area contributed by atoms with E-state index in [0.29, 0.717) is 23.9 Å². The molecule has 7 heteroatoms. The monoisotopic (exact) mass is 343 g/mol. The van der Waals surface area contributed by atoms with Gasteiger partial charge in [0.15, 0.2) is 0 Å². The molecule has 1 saturated carbocycles. The first-order chi connectivity index (χ1) is 10.2. The van der Waals surface area contributed by atoms with Crippen molar-refractivity contribution in [3.8, 4) is 0 Å². The summed E-state index contributed by atoms with van der Waals surface area (Å²) < 4.78 is 0. The Balaban J connectivity index is 0.00000176. The zero-order chi connectivity index (χ0) is 14.8. The Labute approximate surface area is 140 Å². The van der Waals surface area contributed by atoms with E-state index in [1.54, 1.807) is 4.90 Å². The molecule has 5 nitrogen and oxygen atoms in total. The lowest BCUT2D eigenvalue weighted by Crippen LogP contribution is -2.51. The van der Waals surface area contributed by atoms with Crippen molar-refractivity contribution in [3.63, 3.8) is 0 Å². The normalized spacial score (nSPS) is 22.0. The zero-order valence-corrected chi connectivity index (χ0v) is 14.0. The Bertz CT molecular complexity index is 519. The third-order valence-corrected chi connectivity index (χ3v) is 5.18. The van der Waals surface area contributed by atoms with Crippen LogP contribution in [0, 0.1) is 5.92 Å². The first-order valence-corrected chi connectivity index (χ1v) is 8.43. The second kappa shape index (κ2) is 7.44. The van der Waals surface area contributed by atoms with Crippen molar-refractivity contribution in [2.24, 2.45) is 11.7 Å². The number of amides is 2. The lowest BCUT2D eigenvalue weighted by Gasteiger charge is -2.26. The predicted octanol–water partition coefficient (Wildman–Crippen LogP) is 1.63. The number of hydrogen-bond acceptors (Lipinski definition) is 4. The highest BCUT2D eigenvalue weighted by Crippen LogP contribution is 2.32. The van der Waals surface area contributed by atoms with Crippen molar-refractivity contribution >= 4 is 35.6 Å². The van der Waals surface area contributed by atoms with Gasteiger partial charge in [0, 0.05) is 19.1 Å². The minimum absolute atomic E-state index is 0. The number of nitrogens with two attached hydrogens (primary N) is 1. The van der Waals surface area contributed by atoms with Crippen LogP contribution in [0.4, 0.5) is 0 Å². The summed E-state index contributed by atoms with van der Waals surface area (Å²) in [6, 6.07) is 3.40. The van der Waals surface area contributed by atoms with Crippen LogP contribution in [-0.4, -0.2) is 41.9 Å². The number of nitrogens with zero attached hydrogens (tertiary/aromatic N) is 1. The topological polar surface area (TPSA) is 75.4 Å². The largest absolute Gasteiger partial charge is 0.350 e. The van der Waals surface area contributed by atoms with Crippen LogP contribution in [-0.2, 0) is 4.79 Å². The summed E-state index contributed by atoms with van der Waals surface area (Å²) in [7, 11) is 0. The standard InChI is InChI=1S/C15H21N3O2S.ClH/c16-9-11(10-5-6-10)17-14(19)12-3-1-7-18(12)15(20)13-4-2-8-21-13;/h2,4,8,10-12H,1,3,5-7,9,16H2,(H,17,19);1H. The second-order valence-corrected chi connectivity index (χ2v) is 6.77. The van der Waals surface area contributed by atoms with Crippen LogP contribution in [0.5, 0.6) is 0 Å². The molecule has 3 rings (SSSR count). The van der Waals surface area contributed by atoms with Gasteiger partial charge in [0.2, 0.25) is 5.91 Å². The van der Waals surface area contributed by atoms with E-state index in [2.05, 4.69) is 5.32 Å². The Hall–Kier alpha value is -1.11. The smallest absolute Gasteiger partial charge is 0.264 e. The maximum atomic E-state index is 12.5. The fourth-order valence-electron chi connectivity index (χ4n) is 2.97. The van der Waals surface area contributed by atoms with Crippen LogP contribution >= 0.6 is 23.7 Å². The van der Waals surface area contributed by atoms with E-state index in [0.717, 1.165) is 25.7 Å². The molecule has 2 fully saturated rings. The van der Waals surface area contributed by atoms with Gasteiger partial charge in [0.25, 0.3) is 5.91 Å². The van der Waals surface area contributed by atoms with Gasteiger partial charge in [-0.3, -0.25) is 9.59 Å². The molecule has 1 aliphatic heterocycles. The zero-order valence-electron chi connectivity index (χ0n) is 12.4. The molecule has 1 saturated heterocycles. The Kier molecular flexibility index (Phi) is 5.83. The number of halogens is 1. The van der Waals surface area contributed by atoms with Crippen molar-refractivity contribution in [2.75, 3.05) is 13.1 Å². The fourth-order valence-corrected chi connectivity index (χ4v) is 3.65. The number of rotatable bonds is 5. The summed E-state index contributed by atoms with van der Waals surface area (Å²) in [5.74, 6) is 0.458. The lowest BCUT2D eigenvalue weighted by molar-refractivity contribution is -0.125. The molecule has 2 heterocycles. The molecule has 2 amide bonds. The quantitative estimate of drug-likeness (QED) is 0.853. The van der Waals surface area contributed by atoms with Crippen LogP contribution in [0.3, 0.4) is 0 Å². The molecule has 0 spiro atoms. The third-order valence-electron chi connectivity index (χ3n) is 4.32. The van der Waals surface area contributed by atoms with Crippen molar-refractivity contribution in [1.82, 2.24) is 10.2 Å². The molecule has 122 valence electrons. The molecule has 1 aromatic heterocycles. The van der Waals surface area contributed by atoms with Crippen molar-refractivity contribution in [1.29, 1.82) is 0 Å². The molecule has 1 aliphatic carbocycles. The molecule has 0 aromatic carbocycles. The number of carbonyl (C=O) groups excluding carboxylic acids is 2. The fraction of sp³-hybridized carbons (Fsp3) is 0.600. The van der Waals surface area contributed by atoms with Gasteiger partial charge in [-0.15, -0.1) is 23.7 Å². The van der Waals surface area contributed by atoms with Gasteiger partial charge in [-0.2, -0.15) is 0 Å². The third kappa shape index (κ3) is 3.62. The van der Waals surface area contributed by atoms with E-state index < -0.39 is 0 Å². The van der Waals surface area contributed by atoms with Crippen molar-refractivity contribution in [3.05, 3.63) is 22.4 Å². The van der Waals surface area contributed by atoms with Crippen LogP contribution in [0.15, 0.2) is 17.5 Å². The molecule has 22 heavy (non-hydrogen) atoms. The Morgan fingerprint density at radius 2 is 2.18 bits per heavy atom. The summed E-state index contributed by atoms with van der Waals surface area (Å²) >= 11 is 1.42. The summed E-state index contributed by atoms with van der Waals surface area (Å²) in [6.07, 6.45) is 3.91. The molecular formula is C15H22ClN3O2S. The van der Waals surface area contributed by atoms with E-state index in [1.165, 1.54) is 11.3 Å². The van der Waals surface area contributed by atoms with Gasteiger partial charge in [-0.05, 0) is 43.0 Å². The Morgan fingerprint density at radius 1 is 1.41 bits per heavy atom. The molecule has 3 N–H and O–H groups in total. The van der Waals surface area contributed by atoms with Gasteiger partial charge >= 0.3 is 0 Å². The minimum Gasteiger partial charge on any atom is -0.350 e. The van der Waals surface area contributed by atoms with Crippen LogP contribution in [0.2, 0.25) is 0 Å². The maximum absolute atomic E-state index is 12.5. The van der Waals surface area contributed by atoms with E-state index in [9.17, 15) is 9.59 Å². The maximum Gasteiger partial charge on any atom is 0.264 e. The number of hydrogen-bond donors (Lipinski definition) is 2. The molecule has 2 atom stereocenters. The number of nitrogens with one attached hydrogen (secondary N) is 1. The average molecular weight is 344 g/mol. The number of thiophene rings is 1. The van der Waals surface area contributed by atoms with E-state index in [1.807, 2.05) is 17.5 Å². The second-order valence-electron chi connectivity index (χ2n) is 5.82. The number of carbonyl (C=O) groups is 2. The highest BCUT2D eigenvalue weighted by Gasteiger charge is 2.38. The Morgan fingerprint density at radius 3 is 2.77 bits per heavy atom. The van der Waals surface area contributed by atoms with Gasteiger partial charge < -0.3 is 16.0 Å². The average Bonchev–Trinajstić information content (AvgIpc) is 3.01. The molecule has 2 aliphatic rings. The van der Waals surface area contributed by atoms with Gasteiger partial charge in [0.1, 0.15) is 6.04 Å². The molecule has 0 bridgehead atoms. The van der Waals surface area contributed by atoms with Crippen molar-refractivity contribution < 1.29 is 9.59 Å². The SMILES string of the molecule is Cl.NCC(NC(=O)C1CCCN1C(=O)c1cccs1)C1CC1. The molecule has 0 radical (unpaired) electrons. The summed E-state index contributed by atoms with van der Waals surface area (Å²) in [5, 5.41) is 4.93. The first-order valence-electron chi connectivity index (χ1n) is 7.55. The highest BCUT2D eigenvalue weighted by atomic mass is 35.5. The van der Waals surface area contributed by atoms with Gasteiger partial charge in [-0.25, -0.2) is 0 Å². The van der Waals surface area contributed by atoms with E-state index in [4.69, 9.17) is 5.73 Å². The van der Waals surface area contributed by atoms with Crippen molar-refractivity contribution in [2.45, 2.75) is 37.8 Å². The van der Waals surface area contributed by atoms with Gasteiger partial charge in [-0.1, -0.05) is 6.07 Å². The number of likely N-dealkylation sites (tertiary alicyclic amines) is 1. The van der Waals surface area contributed by atoms with Gasteiger partial charge in [0.05, 0.1) is 4.88 Å². The summed E-state index contributed by atoms with van der Waals surface area (Å²) in [6.45, 7) is 1.13. The first kappa shape index (κ1) is 17.2. The molecule has 2 unspecified atom stereocenters. The minimum atomic E-state index is -0.340.